The third-order valence-electron chi connectivity index (χ3n) is 5.33. The molecule has 3 aliphatic rings. The van der Waals surface area contributed by atoms with E-state index in [2.05, 4.69) is 24.1 Å². The van der Waals surface area contributed by atoms with Gasteiger partial charge in [0.2, 0.25) is 0 Å². The normalized spacial score (nSPS) is 34.7. The number of rotatable bonds is 3. The number of hydrogen-bond donors (Lipinski definition) is 1. The van der Waals surface area contributed by atoms with E-state index in [0.29, 0.717) is 5.41 Å². The Bertz CT molecular complexity index is 273. The number of piperidine rings is 1. The van der Waals surface area contributed by atoms with E-state index < -0.39 is 0 Å². The summed E-state index contributed by atoms with van der Waals surface area (Å²) >= 11 is 0. The smallest absolute Gasteiger partial charge is 0.0198 e. The van der Waals surface area contributed by atoms with Crippen molar-refractivity contribution in [1.82, 2.24) is 10.2 Å². The van der Waals surface area contributed by atoms with Gasteiger partial charge in [-0.2, -0.15) is 0 Å². The van der Waals surface area contributed by atoms with Crippen LogP contribution in [0.5, 0.6) is 0 Å². The van der Waals surface area contributed by atoms with Gasteiger partial charge in [-0.05, 0) is 63.3 Å². The molecule has 104 valence electrons. The molecule has 0 aromatic rings. The van der Waals surface area contributed by atoms with Crippen molar-refractivity contribution in [2.75, 3.05) is 13.1 Å². The SMILES string of the molecule is CC1(C)CCC(N2CCCC(NC3CC3)C2)CC1. The maximum atomic E-state index is 3.84. The van der Waals surface area contributed by atoms with Crippen molar-refractivity contribution in [2.24, 2.45) is 5.41 Å². The summed E-state index contributed by atoms with van der Waals surface area (Å²) < 4.78 is 0. The molecular weight excluding hydrogens is 220 g/mol. The lowest BCUT2D eigenvalue weighted by Crippen LogP contribution is -2.51. The van der Waals surface area contributed by atoms with Crippen molar-refractivity contribution in [3.8, 4) is 0 Å². The monoisotopic (exact) mass is 250 g/mol. The molecule has 1 saturated heterocycles. The highest BCUT2D eigenvalue weighted by Gasteiger charge is 2.33. The van der Waals surface area contributed by atoms with Crippen molar-refractivity contribution in [3.05, 3.63) is 0 Å². The number of likely N-dealkylation sites (tertiary alicyclic amines) is 1. The average molecular weight is 250 g/mol. The topological polar surface area (TPSA) is 15.3 Å². The van der Waals surface area contributed by atoms with E-state index in [1.54, 1.807) is 0 Å². The van der Waals surface area contributed by atoms with Gasteiger partial charge in [-0.1, -0.05) is 13.8 Å². The standard InChI is InChI=1S/C16H30N2/c1-16(2)9-7-15(8-10-16)18-11-3-4-14(12-18)17-13-5-6-13/h13-15,17H,3-12H2,1-2H3. The summed E-state index contributed by atoms with van der Waals surface area (Å²) in [4.78, 5) is 2.80. The largest absolute Gasteiger partial charge is 0.310 e. The summed E-state index contributed by atoms with van der Waals surface area (Å²) in [6.07, 6.45) is 11.4. The molecule has 2 nitrogen and oxygen atoms in total. The van der Waals surface area contributed by atoms with Crippen molar-refractivity contribution in [2.45, 2.75) is 83.3 Å². The Hall–Kier alpha value is -0.0800. The van der Waals surface area contributed by atoms with Gasteiger partial charge in [0.1, 0.15) is 0 Å². The lowest BCUT2D eigenvalue weighted by Gasteiger charge is -2.43. The minimum atomic E-state index is 0.609. The summed E-state index contributed by atoms with van der Waals surface area (Å²) in [5.74, 6) is 0. The third kappa shape index (κ3) is 3.27. The molecule has 1 aliphatic heterocycles. The van der Waals surface area contributed by atoms with Crippen LogP contribution in [-0.2, 0) is 0 Å². The van der Waals surface area contributed by atoms with Gasteiger partial charge in [0, 0.05) is 24.7 Å². The highest BCUT2D eigenvalue weighted by Crippen LogP contribution is 2.37. The minimum absolute atomic E-state index is 0.609. The first kappa shape index (κ1) is 12.9. The summed E-state index contributed by atoms with van der Waals surface area (Å²) in [6, 6.07) is 2.56. The fourth-order valence-corrected chi connectivity index (χ4v) is 3.81. The number of nitrogens with one attached hydrogen (secondary N) is 1. The van der Waals surface area contributed by atoms with E-state index >= 15 is 0 Å². The van der Waals surface area contributed by atoms with Crippen LogP contribution >= 0.6 is 0 Å². The Kier molecular flexibility index (Phi) is 3.68. The van der Waals surface area contributed by atoms with E-state index in [9.17, 15) is 0 Å². The quantitative estimate of drug-likeness (QED) is 0.827. The van der Waals surface area contributed by atoms with Gasteiger partial charge in [-0.3, -0.25) is 4.90 Å². The minimum Gasteiger partial charge on any atom is -0.310 e. The number of hydrogen-bond acceptors (Lipinski definition) is 2. The van der Waals surface area contributed by atoms with Crippen LogP contribution in [0, 0.1) is 5.41 Å². The molecule has 3 rings (SSSR count). The van der Waals surface area contributed by atoms with Gasteiger partial charge < -0.3 is 5.32 Å². The first-order valence-corrected chi connectivity index (χ1v) is 8.12. The molecule has 2 heteroatoms. The molecular formula is C16H30N2. The Morgan fingerprint density at radius 1 is 0.944 bits per heavy atom. The molecule has 2 saturated carbocycles. The second kappa shape index (κ2) is 5.13. The summed E-state index contributed by atoms with van der Waals surface area (Å²) in [6.45, 7) is 7.56. The van der Waals surface area contributed by atoms with Crippen LogP contribution in [0.2, 0.25) is 0 Å². The first-order valence-electron chi connectivity index (χ1n) is 8.12. The van der Waals surface area contributed by atoms with Crippen LogP contribution in [0.1, 0.15) is 65.2 Å². The molecule has 1 N–H and O–H groups in total. The molecule has 1 heterocycles. The molecule has 1 atom stereocenters. The van der Waals surface area contributed by atoms with E-state index in [0.717, 1.165) is 18.1 Å². The van der Waals surface area contributed by atoms with Gasteiger partial charge in [0.15, 0.2) is 0 Å². The maximum Gasteiger partial charge on any atom is 0.0198 e. The summed E-state index contributed by atoms with van der Waals surface area (Å²) in [5, 5.41) is 3.84. The first-order chi connectivity index (χ1) is 8.62. The predicted octanol–water partition coefficient (Wildman–Crippen LogP) is 3.17. The third-order valence-corrected chi connectivity index (χ3v) is 5.33. The van der Waals surface area contributed by atoms with E-state index in [-0.39, 0.29) is 0 Å². The van der Waals surface area contributed by atoms with E-state index in [1.165, 1.54) is 64.5 Å². The second-order valence-corrected chi connectivity index (χ2v) is 7.67. The summed E-state index contributed by atoms with van der Waals surface area (Å²) in [7, 11) is 0. The van der Waals surface area contributed by atoms with Crippen molar-refractivity contribution in [3.63, 3.8) is 0 Å². The molecule has 0 radical (unpaired) electrons. The summed E-state index contributed by atoms with van der Waals surface area (Å²) in [5.41, 5.74) is 0.609. The zero-order chi connectivity index (χ0) is 12.6. The molecule has 0 spiro atoms. The molecule has 0 amide bonds. The molecule has 3 fully saturated rings. The van der Waals surface area contributed by atoms with E-state index in [1.807, 2.05) is 0 Å². The van der Waals surface area contributed by atoms with Gasteiger partial charge in [0.05, 0.1) is 0 Å². The van der Waals surface area contributed by atoms with Crippen molar-refractivity contribution in [1.29, 1.82) is 0 Å². The molecule has 1 unspecified atom stereocenters. The zero-order valence-corrected chi connectivity index (χ0v) is 12.3. The van der Waals surface area contributed by atoms with Gasteiger partial charge in [-0.15, -0.1) is 0 Å². The Morgan fingerprint density at radius 2 is 1.67 bits per heavy atom. The number of nitrogens with zero attached hydrogens (tertiary/aromatic N) is 1. The Balaban J connectivity index is 1.49. The highest BCUT2D eigenvalue weighted by molar-refractivity contribution is 4.91. The Labute approximate surface area is 113 Å². The molecule has 0 aromatic carbocycles. The molecule has 2 aliphatic carbocycles. The molecule has 0 aromatic heterocycles. The highest BCUT2D eigenvalue weighted by atomic mass is 15.2. The lowest BCUT2D eigenvalue weighted by molar-refractivity contribution is 0.0777. The van der Waals surface area contributed by atoms with Gasteiger partial charge >= 0.3 is 0 Å². The zero-order valence-electron chi connectivity index (χ0n) is 12.3. The van der Waals surface area contributed by atoms with Crippen LogP contribution in [0.4, 0.5) is 0 Å². The lowest BCUT2D eigenvalue weighted by atomic mass is 9.75. The maximum absolute atomic E-state index is 3.84. The van der Waals surface area contributed by atoms with Crippen LogP contribution in [-0.4, -0.2) is 36.1 Å². The average Bonchev–Trinajstić information content (AvgIpc) is 3.13. The fourth-order valence-electron chi connectivity index (χ4n) is 3.81. The van der Waals surface area contributed by atoms with Gasteiger partial charge in [0.25, 0.3) is 0 Å². The van der Waals surface area contributed by atoms with Crippen LogP contribution < -0.4 is 5.32 Å². The Morgan fingerprint density at radius 3 is 2.33 bits per heavy atom. The van der Waals surface area contributed by atoms with Crippen molar-refractivity contribution < 1.29 is 0 Å². The molecule has 18 heavy (non-hydrogen) atoms. The molecule has 0 bridgehead atoms. The van der Waals surface area contributed by atoms with Crippen LogP contribution in [0.3, 0.4) is 0 Å². The van der Waals surface area contributed by atoms with Crippen LogP contribution in [0.25, 0.3) is 0 Å². The fraction of sp³-hybridized carbons (Fsp3) is 1.00. The van der Waals surface area contributed by atoms with Gasteiger partial charge in [-0.25, -0.2) is 0 Å². The van der Waals surface area contributed by atoms with Crippen LogP contribution in [0.15, 0.2) is 0 Å². The van der Waals surface area contributed by atoms with E-state index in [4.69, 9.17) is 0 Å². The van der Waals surface area contributed by atoms with Crippen molar-refractivity contribution >= 4 is 0 Å². The predicted molar refractivity (Wildman–Crippen MR) is 76.8 cm³/mol. The second-order valence-electron chi connectivity index (χ2n) is 7.67.